The molecular weight excluding hydrogens is 256 g/mol. The average molecular weight is 282 g/mol. The van der Waals surface area contributed by atoms with E-state index in [4.69, 9.17) is 9.47 Å². The molecule has 1 rings (SSSR count). The number of hydrogen-bond acceptors (Lipinski definition) is 6. The zero-order chi connectivity index (χ0) is 14.5. The minimum atomic E-state index is 0.659. The van der Waals surface area contributed by atoms with Crippen LogP contribution in [-0.2, 0) is 9.47 Å². The molecule has 0 atom stereocenters. The van der Waals surface area contributed by atoms with Crippen molar-refractivity contribution < 1.29 is 9.47 Å². The average Bonchev–Trinajstić information content (AvgIpc) is 2.48. The Morgan fingerprint density at radius 1 is 1.10 bits per heavy atom. The Morgan fingerprint density at radius 2 is 2.00 bits per heavy atom. The lowest BCUT2D eigenvalue weighted by molar-refractivity contribution is 0.0691. The molecule has 1 aromatic heterocycles. The topological polar surface area (TPSA) is 68.3 Å². The third-order valence-electron chi connectivity index (χ3n) is 2.64. The molecule has 0 aromatic carbocycles. The highest BCUT2D eigenvalue weighted by Crippen LogP contribution is 2.06. The van der Waals surface area contributed by atoms with E-state index in [-0.39, 0.29) is 0 Å². The molecule has 0 unspecified atom stereocenters. The van der Waals surface area contributed by atoms with E-state index in [1.54, 1.807) is 13.3 Å². The lowest BCUT2D eigenvalue weighted by Gasteiger charge is -2.08. The second-order valence-electron chi connectivity index (χ2n) is 4.43. The molecule has 1 heterocycles. The van der Waals surface area contributed by atoms with Gasteiger partial charge in [-0.1, -0.05) is 6.92 Å². The Morgan fingerprint density at radius 3 is 2.80 bits per heavy atom. The summed E-state index contributed by atoms with van der Waals surface area (Å²) in [5.74, 6) is 1.54. The molecule has 0 saturated carbocycles. The summed E-state index contributed by atoms with van der Waals surface area (Å²) in [5.41, 5.74) is 0. The summed E-state index contributed by atoms with van der Waals surface area (Å²) in [4.78, 5) is 8.56. The molecule has 20 heavy (non-hydrogen) atoms. The maximum Gasteiger partial charge on any atom is 0.224 e. The fourth-order valence-corrected chi connectivity index (χ4v) is 1.57. The monoisotopic (exact) mass is 282 g/mol. The Kier molecular flexibility index (Phi) is 9.52. The molecule has 114 valence electrons. The molecule has 6 nitrogen and oxygen atoms in total. The van der Waals surface area contributed by atoms with Crippen LogP contribution >= 0.6 is 0 Å². The minimum Gasteiger partial charge on any atom is -0.382 e. The van der Waals surface area contributed by atoms with Crippen LogP contribution in [0.15, 0.2) is 12.3 Å². The number of methoxy groups -OCH3 is 1. The maximum atomic E-state index is 5.40. The fourth-order valence-electron chi connectivity index (χ4n) is 1.57. The highest BCUT2D eigenvalue weighted by atomic mass is 16.5. The van der Waals surface area contributed by atoms with E-state index in [9.17, 15) is 0 Å². The number of anilines is 2. The summed E-state index contributed by atoms with van der Waals surface area (Å²) in [6.07, 6.45) is 4.91. The van der Waals surface area contributed by atoms with Gasteiger partial charge in [-0.25, -0.2) is 4.98 Å². The van der Waals surface area contributed by atoms with Gasteiger partial charge in [0.25, 0.3) is 0 Å². The summed E-state index contributed by atoms with van der Waals surface area (Å²) < 4.78 is 10.3. The lowest BCUT2D eigenvalue weighted by atomic mass is 10.3. The summed E-state index contributed by atoms with van der Waals surface area (Å²) >= 11 is 0. The van der Waals surface area contributed by atoms with Crippen LogP contribution < -0.4 is 10.6 Å². The van der Waals surface area contributed by atoms with Crippen LogP contribution in [0.25, 0.3) is 0 Å². The van der Waals surface area contributed by atoms with Crippen molar-refractivity contribution in [1.82, 2.24) is 9.97 Å². The molecule has 0 fully saturated rings. The standard InChI is InChI=1S/C14H26N4O2/c1-3-7-16-14-17-9-6-13(18-14)15-8-4-5-10-20-12-11-19-2/h6,9H,3-5,7-8,10-12H2,1-2H3,(H2,15,16,17,18). The summed E-state index contributed by atoms with van der Waals surface area (Å²) in [6, 6.07) is 1.88. The molecule has 2 N–H and O–H groups in total. The third-order valence-corrected chi connectivity index (χ3v) is 2.64. The van der Waals surface area contributed by atoms with Crippen molar-refractivity contribution in [2.24, 2.45) is 0 Å². The van der Waals surface area contributed by atoms with Gasteiger partial charge in [0.15, 0.2) is 0 Å². The van der Waals surface area contributed by atoms with Crippen molar-refractivity contribution in [3.63, 3.8) is 0 Å². The van der Waals surface area contributed by atoms with E-state index in [1.165, 1.54) is 0 Å². The van der Waals surface area contributed by atoms with Gasteiger partial charge in [0.1, 0.15) is 5.82 Å². The van der Waals surface area contributed by atoms with Crippen LogP contribution in [0.2, 0.25) is 0 Å². The Bertz CT molecular complexity index is 350. The normalized spacial score (nSPS) is 10.5. The predicted octanol–water partition coefficient (Wildman–Crippen LogP) is 2.15. The number of aromatic nitrogens is 2. The van der Waals surface area contributed by atoms with Crippen molar-refractivity contribution in [2.45, 2.75) is 26.2 Å². The van der Waals surface area contributed by atoms with Gasteiger partial charge in [0.05, 0.1) is 13.2 Å². The zero-order valence-electron chi connectivity index (χ0n) is 12.5. The largest absolute Gasteiger partial charge is 0.382 e. The molecule has 0 spiro atoms. The van der Waals surface area contributed by atoms with Crippen LogP contribution in [-0.4, -0.2) is 50.0 Å². The molecule has 0 aliphatic heterocycles. The number of rotatable bonds is 12. The fraction of sp³-hybridized carbons (Fsp3) is 0.714. The highest BCUT2D eigenvalue weighted by molar-refractivity contribution is 5.39. The summed E-state index contributed by atoms with van der Waals surface area (Å²) in [7, 11) is 1.68. The van der Waals surface area contributed by atoms with E-state index in [2.05, 4.69) is 27.5 Å². The zero-order valence-corrected chi connectivity index (χ0v) is 12.5. The number of nitrogens with zero attached hydrogens (tertiary/aromatic N) is 2. The van der Waals surface area contributed by atoms with Crippen LogP contribution in [0.5, 0.6) is 0 Å². The molecule has 1 aromatic rings. The Balaban J connectivity index is 2.09. The van der Waals surface area contributed by atoms with Gasteiger partial charge >= 0.3 is 0 Å². The van der Waals surface area contributed by atoms with Gasteiger partial charge in [-0.3, -0.25) is 0 Å². The first-order valence-electron chi connectivity index (χ1n) is 7.24. The number of ether oxygens (including phenoxy) is 2. The van der Waals surface area contributed by atoms with Crippen molar-refractivity contribution in [2.75, 3.05) is 50.7 Å². The molecule has 6 heteroatoms. The van der Waals surface area contributed by atoms with Crippen molar-refractivity contribution in [3.8, 4) is 0 Å². The second kappa shape index (κ2) is 11.4. The maximum absolute atomic E-state index is 5.40. The number of hydrogen-bond donors (Lipinski definition) is 2. The molecular formula is C14H26N4O2. The first-order chi connectivity index (χ1) is 9.86. The number of unbranched alkanes of at least 4 members (excludes halogenated alkanes) is 1. The highest BCUT2D eigenvalue weighted by Gasteiger charge is 1.97. The summed E-state index contributed by atoms with van der Waals surface area (Å²) in [6.45, 7) is 6.00. The smallest absolute Gasteiger partial charge is 0.224 e. The first-order valence-corrected chi connectivity index (χ1v) is 7.24. The van der Waals surface area contributed by atoms with E-state index >= 15 is 0 Å². The summed E-state index contributed by atoms with van der Waals surface area (Å²) in [5, 5.41) is 6.46. The molecule has 0 bridgehead atoms. The van der Waals surface area contributed by atoms with E-state index in [0.29, 0.717) is 19.2 Å². The van der Waals surface area contributed by atoms with Crippen LogP contribution in [0, 0.1) is 0 Å². The van der Waals surface area contributed by atoms with Gasteiger partial charge in [-0.05, 0) is 25.3 Å². The third kappa shape index (κ3) is 7.91. The van der Waals surface area contributed by atoms with Crippen LogP contribution in [0.4, 0.5) is 11.8 Å². The van der Waals surface area contributed by atoms with Crippen LogP contribution in [0.1, 0.15) is 26.2 Å². The van der Waals surface area contributed by atoms with Crippen molar-refractivity contribution in [3.05, 3.63) is 12.3 Å². The number of nitrogens with one attached hydrogen (secondary N) is 2. The lowest BCUT2D eigenvalue weighted by Crippen LogP contribution is -2.09. The van der Waals surface area contributed by atoms with Crippen molar-refractivity contribution in [1.29, 1.82) is 0 Å². The van der Waals surface area contributed by atoms with Crippen molar-refractivity contribution >= 4 is 11.8 Å². The molecule has 0 amide bonds. The molecule has 0 radical (unpaired) electrons. The molecule has 0 aliphatic carbocycles. The Hall–Kier alpha value is -1.40. The van der Waals surface area contributed by atoms with Gasteiger partial charge in [-0.15, -0.1) is 0 Å². The molecule has 0 aliphatic rings. The van der Waals surface area contributed by atoms with Gasteiger partial charge in [0, 0.05) is 33.0 Å². The second-order valence-corrected chi connectivity index (χ2v) is 4.43. The van der Waals surface area contributed by atoms with Gasteiger partial charge in [-0.2, -0.15) is 4.98 Å². The molecule has 0 saturated heterocycles. The quantitative estimate of drug-likeness (QED) is 0.573. The minimum absolute atomic E-state index is 0.659. The van der Waals surface area contributed by atoms with Gasteiger partial charge < -0.3 is 20.1 Å². The van der Waals surface area contributed by atoms with Gasteiger partial charge in [0.2, 0.25) is 5.95 Å². The first kappa shape index (κ1) is 16.7. The van der Waals surface area contributed by atoms with Crippen LogP contribution in [0.3, 0.4) is 0 Å². The van der Waals surface area contributed by atoms with E-state index in [0.717, 1.165) is 44.8 Å². The predicted molar refractivity (Wildman–Crippen MR) is 81.2 cm³/mol. The van der Waals surface area contributed by atoms with E-state index < -0.39 is 0 Å². The Labute approximate surface area is 121 Å². The van der Waals surface area contributed by atoms with E-state index in [1.807, 2.05) is 6.07 Å². The SMILES string of the molecule is CCCNc1nccc(NCCCCOCCOC)n1.